The number of amides is 2. The molecule has 106 valence electrons. The zero-order valence-electron chi connectivity index (χ0n) is 10.8. The van der Waals surface area contributed by atoms with E-state index in [0.29, 0.717) is 26.3 Å². The van der Waals surface area contributed by atoms with Gasteiger partial charge in [0.25, 0.3) is 0 Å². The number of nitrogens with zero attached hydrogens (tertiary/aromatic N) is 1. The highest BCUT2D eigenvalue weighted by Crippen LogP contribution is 2.07. The van der Waals surface area contributed by atoms with Gasteiger partial charge in [0, 0.05) is 6.54 Å². The molecule has 0 saturated carbocycles. The number of carbonyl (C=O) groups excluding carboxylic acids is 1. The molecule has 1 rings (SSSR count). The summed E-state index contributed by atoms with van der Waals surface area (Å²) < 4.78 is 10.6. The van der Waals surface area contributed by atoms with Gasteiger partial charge in [-0.15, -0.1) is 0 Å². The van der Waals surface area contributed by atoms with Gasteiger partial charge in [0.15, 0.2) is 0 Å². The van der Waals surface area contributed by atoms with Gasteiger partial charge in [-0.2, -0.15) is 0 Å². The predicted octanol–water partition coefficient (Wildman–Crippen LogP) is 0.455. The van der Waals surface area contributed by atoms with E-state index in [0.717, 1.165) is 5.75 Å². The third kappa shape index (κ3) is 6.64. The summed E-state index contributed by atoms with van der Waals surface area (Å²) >= 11 is 0. The average molecular weight is 268 g/mol. The number of para-hydroxylation sites is 1. The Labute approximate surface area is 112 Å². The van der Waals surface area contributed by atoms with E-state index in [2.05, 4.69) is 0 Å². The molecule has 19 heavy (non-hydrogen) atoms. The van der Waals surface area contributed by atoms with Crippen molar-refractivity contribution in [2.24, 2.45) is 5.73 Å². The number of aliphatic hydroxyl groups is 1. The fourth-order valence-corrected chi connectivity index (χ4v) is 1.46. The normalized spacial score (nSPS) is 10.2. The molecule has 0 aromatic heterocycles. The smallest absolute Gasteiger partial charge is 0.314 e. The van der Waals surface area contributed by atoms with Gasteiger partial charge in [-0.3, -0.25) is 0 Å². The second kappa shape index (κ2) is 9.18. The zero-order valence-corrected chi connectivity index (χ0v) is 10.8. The van der Waals surface area contributed by atoms with E-state index in [9.17, 15) is 4.79 Å². The number of hydrogen-bond donors (Lipinski definition) is 2. The quantitative estimate of drug-likeness (QED) is 0.637. The molecule has 0 spiro atoms. The highest BCUT2D eigenvalue weighted by atomic mass is 16.5. The van der Waals surface area contributed by atoms with Gasteiger partial charge in [-0.05, 0) is 12.1 Å². The molecule has 0 radical (unpaired) electrons. The van der Waals surface area contributed by atoms with Crippen LogP contribution >= 0.6 is 0 Å². The number of nitrogens with two attached hydrogens (primary N) is 1. The molecule has 0 aliphatic carbocycles. The van der Waals surface area contributed by atoms with E-state index in [1.54, 1.807) is 0 Å². The van der Waals surface area contributed by atoms with Crippen molar-refractivity contribution in [1.82, 2.24) is 4.90 Å². The van der Waals surface area contributed by atoms with Gasteiger partial charge < -0.3 is 25.2 Å². The Hall–Kier alpha value is -1.79. The maximum Gasteiger partial charge on any atom is 0.314 e. The lowest BCUT2D eigenvalue weighted by atomic mass is 10.3. The van der Waals surface area contributed by atoms with E-state index in [1.165, 1.54) is 4.90 Å². The Bertz CT molecular complexity index is 359. The van der Waals surface area contributed by atoms with Crippen LogP contribution in [0.1, 0.15) is 0 Å². The first kappa shape index (κ1) is 15.3. The lowest BCUT2D eigenvalue weighted by molar-refractivity contribution is 0.0774. The maximum atomic E-state index is 11.2. The van der Waals surface area contributed by atoms with E-state index < -0.39 is 6.03 Å². The Kier molecular flexibility index (Phi) is 7.38. The van der Waals surface area contributed by atoms with Crippen LogP contribution in [0.2, 0.25) is 0 Å². The van der Waals surface area contributed by atoms with E-state index in [1.807, 2.05) is 30.3 Å². The summed E-state index contributed by atoms with van der Waals surface area (Å²) in [5.74, 6) is 0.753. The second-order valence-corrected chi connectivity index (χ2v) is 3.82. The van der Waals surface area contributed by atoms with Crippen LogP contribution in [0.25, 0.3) is 0 Å². The van der Waals surface area contributed by atoms with Crippen molar-refractivity contribution >= 4 is 6.03 Å². The van der Waals surface area contributed by atoms with Crippen LogP contribution in [0.15, 0.2) is 30.3 Å². The number of urea groups is 1. The molecule has 0 aliphatic heterocycles. The van der Waals surface area contributed by atoms with Crippen LogP contribution in [0.3, 0.4) is 0 Å². The predicted molar refractivity (Wildman–Crippen MR) is 71.0 cm³/mol. The highest BCUT2D eigenvalue weighted by Gasteiger charge is 2.09. The maximum absolute atomic E-state index is 11.2. The molecule has 0 fully saturated rings. The van der Waals surface area contributed by atoms with Crippen molar-refractivity contribution in [2.45, 2.75) is 0 Å². The highest BCUT2D eigenvalue weighted by molar-refractivity contribution is 5.71. The van der Waals surface area contributed by atoms with Crippen molar-refractivity contribution in [3.8, 4) is 5.75 Å². The van der Waals surface area contributed by atoms with Gasteiger partial charge in [0.2, 0.25) is 0 Å². The molecule has 2 amide bonds. The van der Waals surface area contributed by atoms with Crippen LogP contribution in [0, 0.1) is 0 Å². The molecule has 0 unspecified atom stereocenters. The molecule has 3 N–H and O–H groups in total. The number of carbonyl (C=O) groups is 1. The minimum absolute atomic E-state index is 0.0340. The van der Waals surface area contributed by atoms with Crippen molar-refractivity contribution in [2.75, 3.05) is 39.5 Å². The molecule has 1 aromatic rings. The summed E-state index contributed by atoms with van der Waals surface area (Å²) in [5.41, 5.74) is 5.26. The summed E-state index contributed by atoms with van der Waals surface area (Å²) in [6.45, 7) is 1.71. The second-order valence-electron chi connectivity index (χ2n) is 3.82. The summed E-state index contributed by atoms with van der Waals surface area (Å²) in [5, 5.41) is 8.56. The molecule has 1 aromatic carbocycles. The zero-order chi connectivity index (χ0) is 13.9. The fraction of sp³-hybridized carbons (Fsp3) is 0.462. The van der Waals surface area contributed by atoms with Gasteiger partial charge in [0.1, 0.15) is 12.4 Å². The molecule has 6 nitrogen and oxygen atoms in total. The molecular formula is C13H20N2O4. The number of ether oxygens (including phenoxy) is 2. The van der Waals surface area contributed by atoms with Gasteiger partial charge >= 0.3 is 6.03 Å². The van der Waals surface area contributed by atoms with Crippen LogP contribution in [-0.2, 0) is 4.74 Å². The molecule has 0 bridgehead atoms. The summed E-state index contributed by atoms with van der Waals surface area (Å²) in [4.78, 5) is 12.6. The van der Waals surface area contributed by atoms with Crippen LogP contribution in [-0.4, -0.2) is 55.6 Å². The Morgan fingerprint density at radius 3 is 2.47 bits per heavy atom. The van der Waals surface area contributed by atoms with E-state index in [-0.39, 0.29) is 13.2 Å². The molecule has 0 atom stereocenters. The van der Waals surface area contributed by atoms with Crippen LogP contribution in [0.4, 0.5) is 4.79 Å². The summed E-state index contributed by atoms with van der Waals surface area (Å²) in [7, 11) is 0. The Morgan fingerprint density at radius 1 is 1.16 bits per heavy atom. The SMILES string of the molecule is NC(=O)N(CCOCCO)CCOc1ccccc1. The molecular weight excluding hydrogens is 248 g/mol. The lowest BCUT2D eigenvalue weighted by Gasteiger charge is -2.20. The number of primary amides is 1. The largest absolute Gasteiger partial charge is 0.492 e. The van der Waals surface area contributed by atoms with Crippen LogP contribution in [0.5, 0.6) is 5.75 Å². The first-order valence-electron chi connectivity index (χ1n) is 6.15. The van der Waals surface area contributed by atoms with E-state index >= 15 is 0 Å². The minimum Gasteiger partial charge on any atom is -0.492 e. The van der Waals surface area contributed by atoms with Crippen molar-refractivity contribution in [1.29, 1.82) is 0 Å². The third-order valence-electron chi connectivity index (χ3n) is 2.43. The fourth-order valence-electron chi connectivity index (χ4n) is 1.46. The summed E-state index contributed by atoms with van der Waals surface area (Å²) in [6, 6.07) is 8.84. The van der Waals surface area contributed by atoms with Crippen molar-refractivity contribution < 1.29 is 19.4 Å². The van der Waals surface area contributed by atoms with Gasteiger partial charge in [-0.1, -0.05) is 18.2 Å². The van der Waals surface area contributed by atoms with Gasteiger partial charge in [0.05, 0.1) is 26.4 Å². The molecule has 0 aliphatic rings. The topological polar surface area (TPSA) is 85.0 Å². The van der Waals surface area contributed by atoms with Gasteiger partial charge in [-0.25, -0.2) is 4.79 Å². The molecule has 6 heteroatoms. The van der Waals surface area contributed by atoms with Crippen molar-refractivity contribution in [3.05, 3.63) is 30.3 Å². The average Bonchev–Trinajstić information content (AvgIpc) is 2.42. The number of aliphatic hydroxyl groups excluding tert-OH is 1. The number of benzene rings is 1. The first-order chi connectivity index (χ1) is 9.24. The van der Waals surface area contributed by atoms with Crippen LogP contribution < -0.4 is 10.5 Å². The Balaban J connectivity index is 2.24. The summed E-state index contributed by atoms with van der Waals surface area (Å²) in [6.07, 6.45) is 0. The lowest BCUT2D eigenvalue weighted by Crippen LogP contribution is -2.40. The van der Waals surface area contributed by atoms with E-state index in [4.69, 9.17) is 20.3 Å². The number of rotatable bonds is 9. The molecule has 0 saturated heterocycles. The molecule has 0 heterocycles. The monoisotopic (exact) mass is 268 g/mol. The van der Waals surface area contributed by atoms with Crippen molar-refractivity contribution in [3.63, 3.8) is 0 Å². The first-order valence-corrected chi connectivity index (χ1v) is 6.15. The Morgan fingerprint density at radius 2 is 1.84 bits per heavy atom. The number of hydrogen-bond acceptors (Lipinski definition) is 4. The standard InChI is InChI=1S/C13H20N2O4/c14-13(17)15(6-9-18-11-8-16)7-10-19-12-4-2-1-3-5-12/h1-5,16H,6-11H2,(H2,14,17). The third-order valence-corrected chi connectivity index (χ3v) is 2.43. The minimum atomic E-state index is -0.510.